The van der Waals surface area contributed by atoms with Gasteiger partial charge in [0.25, 0.3) is 0 Å². The quantitative estimate of drug-likeness (QED) is 0.227. The van der Waals surface area contributed by atoms with E-state index in [0.29, 0.717) is 0 Å². The Kier molecular flexibility index (Phi) is 80.0. The fourth-order valence-corrected chi connectivity index (χ4v) is 16.2. The van der Waals surface area contributed by atoms with Gasteiger partial charge in [0.2, 0.25) is 0 Å². The maximum Gasteiger partial charge on any atom is -0.0383 e. The fraction of sp³-hybridized carbons (Fsp3) is 1.00. The summed E-state index contributed by atoms with van der Waals surface area (Å²) in [4.78, 5) is 0. The zero-order valence-corrected chi connectivity index (χ0v) is 64.4. The van der Waals surface area contributed by atoms with Crippen molar-refractivity contribution >= 4 is 0 Å². The van der Waals surface area contributed by atoms with Crippen molar-refractivity contribution in [3.63, 3.8) is 0 Å². The molecule has 20 aliphatic carbocycles. The van der Waals surface area contributed by atoms with E-state index >= 15 is 0 Å². The standard InChI is InChI=1S/8C7H12.4C3H8.8C2H6.2CH4/c2*1-2-7-4-3-6(1)5-7;4*1-2-6-4-7(3-1)5-6;2*1-2-4-7-5-6(7)3-1;4*1-3-2;8*1-2;;/h8*6-7H,1-5H2;4*3H2,1-2H3;8*1-2H3;2*1H4. The minimum absolute atomic E-state index is 0. The molecular weight excluding hydrogens is 1030 g/mol. The van der Waals surface area contributed by atoms with Gasteiger partial charge in [0, 0.05) is 0 Å². The van der Waals surface area contributed by atoms with Crippen LogP contribution in [0.25, 0.3) is 0 Å². The van der Waals surface area contributed by atoms with Crippen LogP contribution < -0.4 is 0 Å². The summed E-state index contributed by atoms with van der Waals surface area (Å²) in [5.74, 6) is 18.9. The molecule has 20 aliphatic rings. The second kappa shape index (κ2) is 70.9. The third-order valence-corrected chi connectivity index (χ3v) is 20.4. The predicted molar refractivity (Wildman–Crippen MR) is 409 cm³/mol. The summed E-state index contributed by atoms with van der Waals surface area (Å²) < 4.78 is 0. The highest BCUT2D eigenvalue weighted by Gasteiger charge is 2.39. The lowest BCUT2D eigenvalue weighted by molar-refractivity contribution is 0.115. The Morgan fingerprint density at radius 1 is 0.151 bits per heavy atom. The first-order valence-electron chi connectivity index (χ1n) is 41.3. The van der Waals surface area contributed by atoms with E-state index in [4.69, 9.17) is 0 Å². The summed E-state index contributed by atoms with van der Waals surface area (Å²) in [7, 11) is 0. The first-order valence-corrected chi connectivity index (χ1v) is 41.3. The van der Waals surface area contributed by atoms with Gasteiger partial charge in [-0.05, 0) is 172 Å². The lowest BCUT2D eigenvalue weighted by Crippen LogP contribution is -2.28. The second-order valence-electron chi connectivity index (χ2n) is 27.7. The van der Waals surface area contributed by atoms with Gasteiger partial charge >= 0.3 is 0 Å². The number of rotatable bonds is 0. The summed E-state index contributed by atoms with van der Waals surface area (Å²) in [5.41, 5.74) is 0. The van der Waals surface area contributed by atoms with E-state index in [1.807, 2.05) is 111 Å². The lowest BCUT2D eigenvalue weighted by Gasteiger charge is -2.40. The first kappa shape index (κ1) is 97.1. The Balaban J connectivity index is -0.000000200. The average molecular weight is 1220 g/mol. The van der Waals surface area contributed by atoms with E-state index in [0.717, 1.165) is 0 Å². The Hall–Kier alpha value is 0. The van der Waals surface area contributed by atoms with Crippen molar-refractivity contribution in [1.82, 2.24) is 0 Å². The van der Waals surface area contributed by atoms with Crippen LogP contribution in [0.4, 0.5) is 0 Å². The molecule has 0 N–H and O–H groups in total. The van der Waals surface area contributed by atoms with E-state index in [1.165, 1.54) is 172 Å². The Morgan fingerprint density at radius 3 is 0.326 bits per heavy atom. The first-order chi connectivity index (χ1) is 41.3. The van der Waals surface area contributed by atoms with Crippen molar-refractivity contribution in [2.24, 2.45) is 94.7 Å². The molecule has 528 valence electrons. The van der Waals surface area contributed by atoms with E-state index in [1.54, 1.807) is 205 Å². The minimum atomic E-state index is 0. The molecule has 4 atom stereocenters. The molecule has 0 aromatic carbocycles. The molecule has 0 nitrogen and oxygen atoms in total. The summed E-state index contributed by atoms with van der Waals surface area (Å²) in [6.07, 6.45) is 67.4. The molecule has 0 saturated heterocycles. The van der Waals surface area contributed by atoms with Gasteiger partial charge in [-0.2, -0.15) is 0 Å². The summed E-state index contributed by atoms with van der Waals surface area (Å²) in [5, 5.41) is 0. The van der Waals surface area contributed by atoms with E-state index < -0.39 is 0 Å². The Morgan fingerprint density at radius 2 is 0.267 bits per heavy atom. The van der Waals surface area contributed by atoms with Crippen molar-refractivity contribution in [2.45, 2.75) is 464 Å². The topological polar surface area (TPSA) is 0 Å². The maximum absolute atomic E-state index is 2.12. The van der Waals surface area contributed by atoms with E-state index in [-0.39, 0.29) is 14.9 Å². The van der Waals surface area contributed by atoms with Crippen molar-refractivity contribution in [3.05, 3.63) is 0 Å². The molecule has 20 fully saturated rings. The fourth-order valence-electron chi connectivity index (χ4n) is 16.2. The zero-order valence-electron chi connectivity index (χ0n) is 64.4. The molecule has 20 rings (SSSR count). The predicted octanol–water partition coefficient (Wildman–Crippen LogP) is 32.7. The van der Waals surface area contributed by atoms with Crippen LogP contribution in [0, 0.1) is 94.7 Å². The third-order valence-electron chi connectivity index (χ3n) is 20.4. The summed E-state index contributed by atoms with van der Waals surface area (Å²) in [6.45, 7) is 49.0. The third kappa shape index (κ3) is 47.8. The monoisotopic (exact) mass is 1220 g/mol. The van der Waals surface area contributed by atoms with Crippen molar-refractivity contribution < 1.29 is 0 Å². The van der Waals surface area contributed by atoms with Gasteiger partial charge in [0.15, 0.2) is 0 Å². The SMILES string of the molecule is C.C.C1CC2CC(C1)C2.C1CC2CC(C1)C2.C1CC2CC(C1)C2.C1CC2CC(C1)C2.C1CC2CCC1C2.C1CC2CCC1C2.C1CCC2CC2C1.C1CCC2CC2C1.CC.CC.CC.CC.CC.CC.CC.CC.CCC.CCC.CCC.CCC. The van der Waals surface area contributed by atoms with E-state index in [9.17, 15) is 0 Å². The van der Waals surface area contributed by atoms with Gasteiger partial charge < -0.3 is 0 Å². The van der Waals surface area contributed by atoms with Gasteiger partial charge in [-0.3, -0.25) is 0 Å². The number of hydrogen-bond acceptors (Lipinski definition) is 0. The minimum Gasteiger partial charge on any atom is -0.0776 e. The van der Waals surface area contributed by atoms with Gasteiger partial charge in [0.05, 0.1) is 0 Å². The maximum atomic E-state index is 2.12. The van der Waals surface area contributed by atoms with Crippen molar-refractivity contribution in [1.29, 1.82) is 0 Å². The van der Waals surface area contributed by atoms with Crippen LogP contribution in [-0.4, -0.2) is 0 Å². The molecule has 12 bridgehead atoms. The van der Waals surface area contributed by atoms with Crippen LogP contribution in [0.5, 0.6) is 0 Å². The number of fused-ring (bicyclic) bond motifs is 14. The van der Waals surface area contributed by atoms with Crippen LogP contribution in [0.1, 0.15) is 464 Å². The smallest absolute Gasteiger partial charge is 0.0383 e. The average Bonchev–Trinajstić information content (AvgIpc) is 4.06. The molecule has 0 amide bonds. The molecule has 4 unspecified atom stereocenters. The summed E-state index contributed by atoms with van der Waals surface area (Å²) in [6, 6.07) is 0. The molecule has 0 radical (unpaired) electrons. The molecule has 0 spiro atoms. The molecule has 86 heavy (non-hydrogen) atoms. The summed E-state index contributed by atoms with van der Waals surface area (Å²) >= 11 is 0. The largest absolute Gasteiger partial charge is 0.0776 e. The molecule has 0 aliphatic heterocycles. The highest BCUT2D eigenvalue weighted by molar-refractivity contribution is 4.90. The van der Waals surface area contributed by atoms with Gasteiger partial charge in [-0.25, -0.2) is 0 Å². The Bertz CT molecular complexity index is 915. The highest BCUT2D eigenvalue weighted by atomic mass is 14.4. The highest BCUT2D eigenvalue weighted by Crippen LogP contribution is 2.51. The normalized spacial score (nSPS) is 32.7. The van der Waals surface area contributed by atoms with Crippen molar-refractivity contribution in [2.75, 3.05) is 0 Å². The molecule has 0 heterocycles. The van der Waals surface area contributed by atoms with Crippen LogP contribution in [0.3, 0.4) is 0 Å². The van der Waals surface area contributed by atoms with Gasteiger partial charge in [-0.15, -0.1) is 0 Å². The molecule has 0 aromatic heterocycles. The van der Waals surface area contributed by atoms with Gasteiger partial charge in [-0.1, -0.05) is 386 Å². The molecule has 20 saturated carbocycles. The zero-order chi connectivity index (χ0) is 64.4. The van der Waals surface area contributed by atoms with Crippen molar-refractivity contribution in [3.8, 4) is 0 Å². The van der Waals surface area contributed by atoms with Crippen LogP contribution in [-0.2, 0) is 0 Å². The van der Waals surface area contributed by atoms with Gasteiger partial charge in [0.1, 0.15) is 0 Å². The second-order valence-corrected chi connectivity index (χ2v) is 27.7. The van der Waals surface area contributed by atoms with E-state index in [2.05, 4.69) is 55.4 Å². The van der Waals surface area contributed by atoms with Crippen LogP contribution in [0.2, 0.25) is 0 Å². The van der Waals surface area contributed by atoms with Crippen LogP contribution in [0.15, 0.2) is 0 Å². The Labute approximate surface area is 555 Å². The molecule has 0 aromatic rings. The van der Waals surface area contributed by atoms with Crippen LogP contribution >= 0.6 is 0 Å². The number of hydrogen-bond donors (Lipinski definition) is 0. The molecule has 0 heteroatoms. The molecular formula is C86H184. The lowest BCUT2D eigenvalue weighted by atomic mass is 9.65.